The van der Waals surface area contributed by atoms with Gasteiger partial charge in [-0.25, -0.2) is 4.79 Å². The number of rotatable bonds is 6. The molecule has 8 nitrogen and oxygen atoms in total. The van der Waals surface area contributed by atoms with Crippen LogP contribution < -0.4 is 4.74 Å². The summed E-state index contributed by atoms with van der Waals surface area (Å²) in [5.41, 5.74) is -1.27. The van der Waals surface area contributed by atoms with Gasteiger partial charge in [-0.2, -0.15) is 0 Å². The Morgan fingerprint density at radius 2 is 1.55 bits per heavy atom. The predicted molar refractivity (Wildman–Crippen MR) is 102 cm³/mol. The predicted octanol–water partition coefficient (Wildman–Crippen LogP) is 3.44. The second kappa shape index (κ2) is 8.74. The molecule has 0 amide bonds. The van der Waals surface area contributed by atoms with Crippen molar-refractivity contribution in [1.29, 1.82) is 0 Å². The number of esters is 2. The van der Waals surface area contributed by atoms with Crippen LogP contribution in [0.25, 0.3) is 0 Å². The molecule has 0 radical (unpaired) electrons. The van der Waals surface area contributed by atoms with Gasteiger partial charge in [0, 0.05) is 11.9 Å². The van der Waals surface area contributed by atoms with Crippen molar-refractivity contribution in [2.45, 2.75) is 27.4 Å². The molecule has 0 aliphatic carbocycles. The number of benzene rings is 2. The lowest BCUT2D eigenvalue weighted by molar-refractivity contribution is -0.132. The van der Waals surface area contributed by atoms with Gasteiger partial charge in [-0.15, -0.1) is 0 Å². The van der Waals surface area contributed by atoms with Crippen LogP contribution in [0.5, 0.6) is 17.2 Å². The molecule has 2 rings (SSSR count). The summed E-state index contributed by atoms with van der Waals surface area (Å²) in [6, 6.07) is 6.44. The number of aromatic hydroxyl groups is 2. The lowest BCUT2D eigenvalue weighted by Gasteiger charge is -2.18. The summed E-state index contributed by atoms with van der Waals surface area (Å²) in [6.45, 7) is 2.81. The van der Waals surface area contributed by atoms with E-state index in [1.165, 1.54) is 0 Å². The number of phenolic OH excluding ortho intramolecular Hbond substituents is 2. The van der Waals surface area contributed by atoms with Crippen molar-refractivity contribution < 1.29 is 38.9 Å². The molecule has 9 heteroatoms. The Morgan fingerprint density at radius 3 is 2.07 bits per heavy atom. The van der Waals surface area contributed by atoms with E-state index in [1.54, 1.807) is 24.3 Å². The van der Waals surface area contributed by atoms with Gasteiger partial charge in [0.1, 0.15) is 6.61 Å². The van der Waals surface area contributed by atoms with Crippen molar-refractivity contribution in [2.24, 2.45) is 0 Å². The van der Waals surface area contributed by atoms with Crippen LogP contribution in [0.15, 0.2) is 24.3 Å². The number of hydrogen-bond acceptors (Lipinski definition) is 8. The fourth-order valence-corrected chi connectivity index (χ4v) is 2.89. The molecule has 29 heavy (non-hydrogen) atoms. The van der Waals surface area contributed by atoms with Gasteiger partial charge in [-0.1, -0.05) is 23.7 Å². The van der Waals surface area contributed by atoms with E-state index in [0.29, 0.717) is 10.6 Å². The van der Waals surface area contributed by atoms with Crippen LogP contribution in [0, 0.1) is 0 Å². The number of phenols is 2. The Hall–Kier alpha value is -3.39. The molecule has 0 spiro atoms. The van der Waals surface area contributed by atoms with Gasteiger partial charge in [0.2, 0.25) is 5.75 Å². The topological polar surface area (TPSA) is 127 Å². The van der Waals surface area contributed by atoms with Gasteiger partial charge in [-0.3, -0.25) is 14.4 Å². The molecule has 0 saturated heterocycles. The zero-order chi connectivity index (χ0) is 21.9. The van der Waals surface area contributed by atoms with E-state index in [0.717, 1.165) is 20.8 Å². The number of carbonyl (C=O) groups excluding carboxylic acids is 4. The average Bonchev–Trinajstić information content (AvgIpc) is 2.62. The molecule has 0 aliphatic heterocycles. The van der Waals surface area contributed by atoms with E-state index in [-0.39, 0.29) is 6.61 Å². The Labute approximate surface area is 170 Å². The Balaban J connectivity index is 2.64. The lowest BCUT2D eigenvalue weighted by atomic mass is 9.93. The minimum Gasteiger partial charge on any atom is -0.504 e. The van der Waals surface area contributed by atoms with Gasteiger partial charge in [0.15, 0.2) is 23.1 Å². The van der Waals surface area contributed by atoms with E-state index >= 15 is 0 Å². The summed E-state index contributed by atoms with van der Waals surface area (Å²) in [7, 11) is 0. The molecular weight excluding hydrogens is 404 g/mol. The third kappa shape index (κ3) is 4.72. The molecule has 152 valence electrons. The number of ether oxygens (including phenoxy) is 2. The van der Waals surface area contributed by atoms with E-state index < -0.39 is 57.4 Å². The van der Waals surface area contributed by atoms with Crippen molar-refractivity contribution in [3.8, 4) is 17.2 Å². The van der Waals surface area contributed by atoms with E-state index in [2.05, 4.69) is 0 Å². The Morgan fingerprint density at radius 1 is 0.931 bits per heavy atom. The van der Waals surface area contributed by atoms with Gasteiger partial charge >= 0.3 is 11.9 Å². The maximum absolute atomic E-state index is 12.8. The maximum Gasteiger partial charge on any atom is 0.340 e. The highest BCUT2D eigenvalue weighted by molar-refractivity contribution is 6.30. The van der Waals surface area contributed by atoms with Gasteiger partial charge in [-0.05, 0) is 31.5 Å². The lowest BCUT2D eigenvalue weighted by Crippen LogP contribution is -2.18. The summed E-state index contributed by atoms with van der Waals surface area (Å²) in [6.07, 6.45) is 0. The molecule has 0 unspecified atom stereocenters. The fourth-order valence-electron chi connectivity index (χ4n) is 2.67. The van der Waals surface area contributed by atoms with Gasteiger partial charge in [0.25, 0.3) is 0 Å². The molecule has 0 aromatic heterocycles. The minimum absolute atomic E-state index is 0.251. The molecule has 0 saturated carbocycles. The monoisotopic (exact) mass is 420 g/mol. The van der Waals surface area contributed by atoms with Crippen LogP contribution in [-0.4, -0.2) is 33.7 Å². The molecule has 0 bridgehead atoms. The number of ketones is 2. The summed E-state index contributed by atoms with van der Waals surface area (Å²) in [5, 5.41) is 20.8. The molecule has 2 N–H and O–H groups in total. The summed E-state index contributed by atoms with van der Waals surface area (Å²) >= 11 is 5.88. The summed E-state index contributed by atoms with van der Waals surface area (Å²) < 4.78 is 9.99. The van der Waals surface area contributed by atoms with Crippen LogP contribution in [0.1, 0.15) is 57.4 Å². The number of carbonyl (C=O) groups is 4. The highest BCUT2D eigenvalue weighted by atomic mass is 35.5. The molecule has 0 fully saturated rings. The molecule has 0 atom stereocenters. The van der Waals surface area contributed by atoms with E-state index in [1.807, 2.05) is 0 Å². The Kier molecular flexibility index (Phi) is 6.60. The number of halogens is 1. The van der Waals surface area contributed by atoms with Crippen molar-refractivity contribution in [1.82, 2.24) is 0 Å². The zero-order valence-electron chi connectivity index (χ0n) is 15.7. The van der Waals surface area contributed by atoms with Gasteiger partial charge < -0.3 is 19.7 Å². The first-order chi connectivity index (χ1) is 13.5. The van der Waals surface area contributed by atoms with Crippen molar-refractivity contribution in [2.75, 3.05) is 0 Å². The first kappa shape index (κ1) is 21.9. The number of Topliss-reactive ketones (excluding diaryl/α,β-unsaturated/α-hetero) is 2. The van der Waals surface area contributed by atoms with Crippen molar-refractivity contribution in [3.63, 3.8) is 0 Å². The van der Waals surface area contributed by atoms with E-state index in [9.17, 15) is 29.4 Å². The smallest absolute Gasteiger partial charge is 0.340 e. The molecular formula is C20H17ClO8. The largest absolute Gasteiger partial charge is 0.504 e. The third-order valence-corrected chi connectivity index (χ3v) is 4.05. The second-order valence-corrected chi connectivity index (χ2v) is 6.50. The SMILES string of the molecule is CC(=O)Oc1c(O)c(O)c(C(C)=O)c(C(=O)OCc2cccc(Cl)c2)c1C(C)=O. The van der Waals surface area contributed by atoms with Crippen LogP contribution in [0.2, 0.25) is 5.02 Å². The second-order valence-electron chi connectivity index (χ2n) is 6.06. The van der Waals surface area contributed by atoms with Crippen LogP contribution in [0.4, 0.5) is 0 Å². The maximum atomic E-state index is 12.8. The first-order valence-electron chi connectivity index (χ1n) is 8.28. The normalized spacial score (nSPS) is 10.3. The summed E-state index contributed by atoms with van der Waals surface area (Å²) in [4.78, 5) is 48.4. The average molecular weight is 421 g/mol. The van der Waals surface area contributed by atoms with Crippen LogP contribution in [0.3, 0.4) is 0 Å². The molecule has 2 aromatic rings. The van der Waals surface area contributed by atoms with E-state index in [4.69, 9.17) is 21.1 Å². The fraction of sp³-hybridized carbons (Fsp3) is 0.200. The van der Waals surface area contributed by atoms with Crippen LogP contribution >= 0.6 is 11.6 Å². The number of hydrogen-bond donors (Lipinski definition) is 2. The highest BCUT2D eigenvalue weighted by Gasteiger charge is 2.34. The molecule has 2 aromatic carbocycles. The van der Waals surface area contributed by atoms with Crippen LogP contribution in [-0.2, 0) is 16.1 Å². The molecule has 0 aliphatic rings. The van der Waals surface area contributed by atoms with Crippen molar-refractivity contribution >= 4 is 35.1 Å². The van der Waals surface area contributed by atoms with Crippen molar-refractivity contribution in [3.05, 3.63) is 51.5 Å². The quantitative estimate of drug-likeness (QED) is 0.315. The standard InChI is InChI=1S/C20H17ClO8/c1-9(22)14-16(20(27)28-8-12-5-4-6-13(21)7-12)15(10(2)23)19(29-11(3)24)18(26)17(14)25/h4-7,25-26H,8H2,1-3H3. The molecule has 0 heterocycles. The minimum atomic E-state index is -1.14. The highest BCUT2D eigenvalue weighted by Crippen LogP contribution is 2.45. The Bertz CT molecular complexity index is 1030. The third-order valence-electron chi connectivity index (χ3n) is 3.82. The zero-order valence-corrected chi connectivity index (χ0v) is 16.5. The first-order valence-corrected chi connectivity index (χ1v) is 8.66. The van der Waals surface area contributed by atoms with Gasteiger partial charge in [0.05, 0.1) is 16.7 Å². The summed E-state index contributed by atoms with van der Waals surface area (Å²) in [5.74, 6) is -6.42.